The summed E-state index contributed by atoms with van der Waals surface area (Å²) >= 11 is 0. The highest BCUT2D eigenvalue weighted by Gasteiger charge is 2.30. The molecule has 2 aromatic carbocycles. The van der Waals surface area contributed by atoms with Crippen LogP contribution < -0.4 is 15.0 Å². The maximum absolute atomic E-state index is 13.1. The van der Waals surface area contributed by atoms with Crippen LogP contribution in [-0.4, -0.2) is 36.9 Å². The number of benzene rings is 2. The van der Waals surface area contributed by atoms with Crippen LogP contribution in [0.4, 0.5) is 0 Å². The van der Waals surface area contributed by atoms with Gasteiger partial charge < -0.3 is 14.5 Å². The fourth-order valence-electron chi connectivity index (χ4n) is 4.73. The maximum atomic E-state index is 13.1. The Kier molecular flexibility index (Phi) is 6.26. The normalized spacial score (nSPS) is 14.1. The van der Waals surface area contributed by atoms with Gasteiger partial charge in [0.2, 0.25) is 6.79 Å². The number of rotatable bonds is 7. The molecular formula is C27H32N6O3. The second kappa shape index (κ2) is 9.39. The van der Waals surface area contributed by atoms with Crippen LogP contribution in [0.3, 0.4) is 0 Å². The minimum absolute atomic E-state index is 0.0888. The number of aromatic amines is 1. The molecule has 9 nitrogen and oxygen atoms in total. The summed E-state index contributed by atoms with van der Waals surface area (Å²) < 4.78 is 13.0. The lowest BCUT2D eigenvalue weighted by Crippen LogP contribution is -2.35. The molecule has 0 spiro atoms. The van der Waals surface area contributed by atoms with E-state index in [0.29, 0.717) is 18.7 Å². The standard InChI is InChI=1S/C27H32N6O3/c1-6-22(25-29-30-31-33(25)27(3,4)5)32(14-18-8-10-23-24(12-18)36-16-35-23)15-20-13-19-9-7-17(2)11-21(19)28-26(20)34/h7-13,22H,6,14-16H2,1-5H3,(H,28,34)/t22-/m1/s1. The van der Waals surface area contributed by atoms with Crippen molar-refractivity contribution in [3.8, 4) is 11.5 Å². The summed E-state index contributed by atoms with van der Waals surface area (Å²) in [5.41, 5.74) is 3.33. The molecule has 0 radical (unpaired) electrons. The van der Waals surface area contributed by atoms with Crippen molar-refractivity contribution in [3.63, 3.8) is 0 Å². The molecule has 0 amide bonds. The van der Waals surface area contributed by atoms with Crippen molar-refractivity contribution in [2.45, 2.75) is 65.7 Å². The molecule has 1 aliphatic heterocycles. The van der Waals surface area contributed by atoms with E-state index in [9.17, 15) is 4.79 Å². The van der Waals surface area contributed by atoms with Crippen LogP contribution in [0.2, 0.25) is 0 Å². The van der Waals surface area contributed by atoms with E-state index in [0.717, 1.165) is 45.8 Å². The molecule has 3 heterocycles. The van der Waals surface area contributed by atoms with Crippen molar-refractivity contribution in [1.29, 1.82) is 0 Å². The third kappa shape index (κ3) is 4.70. The molecule has 0 fully saturated rings. The predicted molar refractivity (Wildman–Crippen MR) is 137 cm³/mol. The summed E-state index contributed by atoms with van der Waals surface area (Å²) in [4.78, 5) is 18.5. The fraction of sp³-hybridized carbons (Fsp3) is 0.407. The summed E-state index contributed by atoms with van der Waals surface area (Å²) in [6.07, 6.45) is 0.770. The van der Waals surface area contributed by atoms with Gasteiger partial charge in [-0.05, 0) is 85.3 Å². The summed E-state index contributed by atoms with van der Waals surface area (Å²) in [6.45, 7) is 11.6. The Morgan fingerprint density at radius 3 is 2.67 bits per heavy atom. The van der Waals surface area contributed by atoms with Crippen LogP contribution in [0.15, 0.2) is 47.3 Å². The van der Waals surface area contributed by atoms with Gasteiger partial charge in [-0.1, -0.05) is 25.1 Å². The molecule has 188 valence electrons. The van der Waals surface area contributed by atoms with Crippen LogP contribution in [0.5, 0.6) is 11.5 Å². The molecule has 0 bridgehead atoms. The van der Waals surface area contributed by atoms with Crippen molar-refractivity contribution < 1.29 is 9.47 Å². The number of aryl methyl sites for hydroxylation is 1. The fourth-order valence-corrected chi connectivity index (χ4v) is 4.73. The lowest BCUT2D eigenvalue weighted by molar-refractivity contribution is 0.153. The lowest BCUT2D eigenvalue weighted by atomic mass is 10.0. The summed E-state index contributed by atoms with van der Waals surface area (Å²) in [5, 5.41) is 13.7. The van der Waals surface area contributed by atoms with Gasteiger partial charge in [-0.25, -0.2) is 4.68 Å². The molecule has 4 aromatic rings. The molecule has 9 heteroatoms. The number of fused-ring (bicyclic) bond motifs is 2. The van der Waals surface area contributed by atoms with E-state index in [-0.39, 0.29) is 23.9 Å². The molecule has 1 N–H and O–H groups in total. The number of nitrogens with one attached hydrogen (secondary N) is 1. The Balaban J connectivity index is 1.55. The molecule has 36 heavy (non-hydrogen) atoms. The number of nitrogens with zero attached hydrogens (tertiary/aromatic N) is 5. The van der Waals surface area contributed by atoms with Crippen molar-refractivity contribution in [1.82, 2.24) is 30.1 Å². The monoisotopic (exact) mass is 488 g/mol. The van der Waals surface area contributed by atoms with Gasteiger partial charge in [-0.2, -0.15) is 0 Å². The average molecular weight is 489 g/mol. The molecule has 1 atom stereocenters. The first kappa shape index (κ1) is 24.0. The zero-order valence-corrected chi connectivity index (χ0v) is 21.4. The van der Waals surface area contributed by atoms with Crippen molar-refractivity contribution in [2.24, 2.45) is 0 Å². The van der Waals surface area contributed by atoms with E-state index < -0.39 is 0 Å². The SMILES string of the molecule is CC[C@H](c1nnnn1C(C)(C)C)N(Cc1ccc2c(c1)OCO2)Cc1cc2ccc(C)cc2[nH]c1=O. The Labute approximate surface area is 210 Å². The molecule has 0 saturated carbocycles. The lowest BCUT2D eigenvalue weighted by Gasteiger charge is -2.32. The minimum atomic E-state index is -0.283. The molecule has 0 saturated heterocycles. The second-order valence-corrected chi connectivity index (χ2v) is 10.4. The third-order valence-corrected chi connectivity index (χ3v) is 6.53. The van der Waals surface area contributed by atoms with Gasteiger partial charge in [0, 0.05) is 24.2 Å². The van der Waals surface area contributed by atoms with E-state index in [1.54, 1.807) is 0 Å². The van der Waals surface area contributed by atoms with Crippen molar-refractivity contribution in [2.75, 3.05) is 6.79 Å². The maximum Gasteiger partial charge on any atom is 0.252 e. The Morgan fingerprint density at radius 2 is 1.89 bits per heavy atom. The van der Waals surface area contributed by atoms with Gasteiger partial charge in [0.25, 0.3) is 5.56 Å². The van der Waals surface area contributed by atoms with Crippen LogP contribution in [-0.2, 0) is 18.6 Å². The van der Waals surface area contributed by atoms with Gasteiger partial charge in [-0.3, -0.25) is 9.69 Å². The molecule has 1 aliphatic rings. The Morgan fingerprint density at radius 1 is 1.08 bits per heavy atom. The highest BCUT2D eigenvalue weighted by molar-refractivity contribution is 5.79. The zero-order chi connectivity index (χ0) is 25.4. The highest BCUT2D eigenvalue weighted by atomic mass is 16.7. The largest absolute Gasteiger partial charge is 0.454 e. The number of hydrogen-bond donors (Lipinski definition) is 1. The molecule has 5 rings (SSSR count). The van der Waals surface area contributed by atoms with Gasteiger partial charge >= 0.3 is 0 Å². The van der Waals surface area contributed by atoms with Crippen LogP contribution in [0.25, 0.3) is 10.9 Å². The van der Waals surface area contributed by atoms with Gasteiger partial charge in [0.05, 0.1) is 11.6 Å². The van der Waals surface area contributed by atoms with Gasteiger partial charge in [-0.15, -0.1) is 5.10 Å². The summed E-state index contributed by atoms with van der Waals surface area (Å²) in [6, 6.07) is 13.9. The highest BCUT2D eigenvalue weighted by Crippen LogP contribution is 2.34. The Hall–Kier alpha value is -3.72. The van der Waals surface area contributed by atoms with E-state index in [1.807, 2.05) is 48.0 Å². The molecular weight excluding hydrogens is 456 g/mol. The molecule has 0 aliphatic carbocycles. The van der Waals surface area contributed by atoms with E-state index in [2.05, 4.69) is 59.2 Å². The van der Waals surface area contributed by atoms with Crippen LogP contribution in [0.1, 0.15) is 62.7 Å². The Bertz CT molecular complexity index is 1450. The number of tetrazole rings is 1. The van der Waals surface area contributed by atoms with E-state index in [1.165, 1.54) is 0 Å². The minimum Gasteiger partial charge on any atom is -0.454 e. The van der Waals surface area contributed by atoms with Crippen molar-refractivity contribution >= 4 is 10.9 Å². The zero-order valence-electron chi connectivity index (χ0n) is 21.4. The number of ether oxygens (including phenoxy) is 2. The summed E-state index contributed by atoms with van der Waals surface area (Å²) in [7, 11) is 0. The average Bonchev–Trinajstić information content (AvgIpc) is 3.49. The van der Waals surface area contributed by atoms with Gasteiger partial charge in [0.1, 0.15) is 0 Å². The van der Waals surface area contributed by atoms with E-state index >= 15 is 0 Å². The number of H-pyrrole nitrogens is 1. The second-order valence-electron chi connectivity index (χ2n) is 10.4. The van der Waals surface area contributed by atoms with Crippen LogP contribution >= 0.6 is 0 Å². The topological polar surface area (TPSA) is 98.2 Å². The van der Waals surface area contributed by atoms with E-state index in [4.69, 9.17) is 9.47 Å². The third-order valence-electron chi connectivity index (χ3n) is 6.53. The number of aromatic nitrogens is 5. The first-order valence-corrected chi connectivity index (χ1v) is 12.3. The van der Waals surface area contributed by atoms with Gasteiger partial charge in [0.15, 0.2) is 17.3 Å². The first-order chi connectivity index (χ1) is 17.2. The smallest absolute Gasteiger partial charge is 0.252 e. The quantitative estimate of drug-likeness (QED) is 0.410. The van der Waals surface area contributed by atoms with Crippen molar-refractivity contribution in [3.05, 3.63) is 75.3 Å². The number of pyridine rings is 1. The number of hydrogen-bond acceptors (Lipinski definition) is 7. The predicted octanol–water partition coefficient (Wildman–Crippen LogP) is 4.46. The first-order valence-electron chi connectivity index (χ1n) is 12.3. The molecule has 0 unspecified atom stereocenters. The summed E-state index contributed by atoms with van der Waals surface area (Å²) in [5.74, 6) is 2.26. The van der Waals surface area contributed by atoms with Crippen LogP contribution in [0, 0.1) is 6.92 Å². The molecule has 2 aromatic heterocycles.